The van der Waals surface area contributed by atoms with Crippen LogP contribution >= 0.6 is 11.6 Å². The minimum absolute atomic E-state index is 0.207. The highest BCUT2D eigenvalue weighted by atomic mass is 35.5. The van der Waals surface area contributed by atoms with E-state index in [1.807, 2.05) is 22.8 Å². The molecule has 3 aromatic rings. The Balaban J connectivity index is 1.95. The molecule has 102 valence electrons. The molecule has 20 heavy (non-hydrogen) atoms. The summed E-state index contributed by atoms with van der Waals surface area (Å²) in [5.74, 6) is 0.186. The molecule has 1 aromatic heterocycles. The molecule has 5 heteroatoms. The number of fused-ring (bicyclic) bond motifs is 1. The van der Waals surface area contributed by atoms with Crippen molar-refractivity contribution in [1.29, 1.82) is 0 Å². The fraction of sp³-hybridized carbons (Fsp3) is 0.133. The second-order valence-corrected chi connectivity index (χ2v) is 4.98. The Hall–Kier alpha value is -2.07. The first-order chi connectivity index (χ1) is 9.66. The molecule has 0 unspecified atom stereocenters. The summed E-state index contributed by atoms with van der Waals surface area (Å²) in [7, 11) is 0. The van der Waals surface area contributed by atoms with Crippen molar-refractivity contribution in [2.45, 2.75) is 13.0 Å². The van der Waals surface area contributed by atoms with E-state index in [9.17, 15) is 4.39 Å². The largest absolute Gasteiger partial charge is 0.369 e. The maximum Gasteiger partial charge on any atom is 0.201 e. The van der Waals surface area contributed by atoms with Crippen LogP contribution in [0.15, 0.2) is 42.5 Å². The number of halogens is 2. The van der Waals surface area contributed by atoms with Crippen molar-refractivity contribution in [2.24, 2.45) is 0 Å². The van der Waals surface area contributed by atoms with Crippen LogP contribution in [0.3, 0.4) is 0 Å². The van der Waals surface area contributed by atoms with Crippen LogP contribution in [0.2, 0.25) is 5.02 Å². The van der Waals surface area contributed by atoms with Crippen LogP contribution in [-0.2, 0) is 13.0 Å². The monoisotopic (exact) mass is 289 g/mol. The topological polar surface area (TPSA) is 43.8 Å². The number of imidazole rings is 1. The third-order valence-electron chi connectivity index (χ3n) is 3.31. The molecule has 0 spiro atoms. The number of benzene rings is 2. The third-order valence-corrected chi connectivity index (χ3v) is 3.61. The average Bonchev–Trinajstić information content (AvgIpc) is 2.75. The normalized spacial score (nSPS) is 11.1. The van der Waals surface area contributed by atoms with Gasteiger partial charge in [-0.05, 0) is 30.2 Å². The number of rotatable bonds is 3. The van der Waals surface area contributed by atoms with Gasteiger partial charge >= 0.3 is 0 Å². The van der Waals surface area contributed by atoms with Crippen LogP contribution in [0.1, 0.15) is 5.56 Å². The van der Waals surface area contributed by atoms with E-state index in [1.165, 1.54) is 6.07 Å². The Morgan fingerprint density at radius 1 is 1.15 bits per heavy atom. The van der Waals surface area contributed by atoms with E-state index in [-0.39, 0.29) is 5.82 Å². The maximum atomic E-state index is 13.6. The highest BCUT2D eigenvalue weighted by molar-refractivity contribution is 6.35. The molecule has 3 rings (SSSR count). The van der Waals surface area contributed by atoms with E-state index in [1.54, 1.807) is 18.2 Å². The number of para-hydroxylation sites is 1. The van der Waals surface area contributed by atoms with E-state index < -0.39 is 0 Å². The molecular formula is C15H13ClFN3. The van der Waals surface area contributed by atoms with Gasteiger partial charge in [0.2, 0.25) is 5.95 Å². The first kappa shape index (κ1) is 12.9. The minimum atomic E-state index is -0.207. The summed E-state index contributed by atoms with van der Waals surface area (Å²) in [4.78, 5) is 4.27. The van der Waals surface area contributed by atoms with E-state index in [4.69, 9.17) is 17.3 Å². The van der Waals surface area contributed by atoms with E-state index in [0.29, 0.717) is 29.5 Å². The Morgan fingerprint density at radius 3 is 2.75 bits per heavy atom. The maximum absolute atomic E-state index is 13.6. The number of nitrogens with two attached hydrogens (primary N) is 1. The summed E-state index contributed by atoms with van der Waals surface area (Å²) in [6.07, 6.45) is 0.535. The molecule has 0 atom stereocenters. The van der Waals surface area contributed by atoms with Crippen molar-refractivity contribution >= 4 is 28.6 Å². The van der Waals surface area contributed by atoms with Crippen LogP contribution in [0.5, 0.6) is 0 Å². The van der Waals surface area contributed by atoms with Crippen LogP contribution < -0.4 is 5.73 Å². The van der Waals surface area contributed by atoms with Gasteiger partial charge in [-0.1, -0.05) is 35.9 Å². The van der Waals surface area contributed by atoms with E-state index in [0.717, 1.165) is 11.0 Å². The summed E-state index contributed by atoms with van der Waals surface area (Å²) < 4.78 is 15.5. The predicted molar refractivity (Wildman–Crippen MR) is 79.3 cm³/mol. The average molecular weight is 290 g/mol. The SMILES string of the molecule is Nc1nc2cccc(Cl)c2n1CCc1ccccc1F. The minimum Gasteiger partial charge on any atom is -0.369 e. The molecule has 0 aliphatic heterocycles. The van der Waals surface area contributed by atoms with Gasteiger partial charge in [0, 0.05) is 6.54 Å². The van der Waals surface area contributed by atoms with Crippen molar-refractivity contribution in [1.82, 2.24) is 9.55 Å². The van der Waals surface area contributed by atoms with Gasteiger partial charge in [0.15, 0.2) is 0 Å². The molecule has 0 radical (unpaired) electrons. The van der Waals surface area contributed by atoms with Crippen molar-refractivity contribution in [3.8, 4) is 0 Å². The molecule has 0 bridgehead atoms. The molecule has 0 aliphatic rings. The van der Waals surface area contributed by atoms with Gasteiger partial charge in [-0.15, -0.1) is 0 Å². The standard InChI is InChI=1S/C15H13ClFN3/c16-11-5-3-7-13-14(11)20(15(18)19-13)9-8-10-4-1-2-6-12(10)17/h1-7H,8-9H2,(H2,18,19). The molecule has 0 aliphatic carbocycles. The molecule has 0 amide bonds. The summed E-state index contributed by atoms with van der Waals surface area (Å²) in [6, 6.07) is 12.2. The molecule has 0 saturated heterocycles. The van der Waals surface area contributed by atoms with Crippen LogP contribution in [0.25, 0.3) is 11.0 Å². The second kappa shape index (κ2) is 5.13. The lowest BCUT2D eigenvalue weighted by Gasteiger charge is -2.08. The summed E-state index contributed by atoms with van der Waals surface area (Å²) in [6.45, 7) is 0.535. The van der Waals surface area contributed by atoms with Gasteiger partial charge in [-0.2, -0.15) is 0 Å². The quantitative estimate of drug-likeness (QED) is 0.800. The molecule has 0 saturated carbocycles. The zero-order valence-corrected chi connectivity index (χ0v) is 11.4. The fourth-order valence-electron chi connectivity index (χ4n) is 2.32. The van der Waals surface area contributed by atoms with Crippen LogP contribution in [0.4, 0.5) is 10.3 Å². The van der Waals surface area contributed by atoms with Gasteiger partial charge in [0.1, 0.15) is 5.82 Å². The van der Waals surface area contributed by atoms with Gasteiger partial charge in [0.25, 0.3) is 0 Å². The lowest BCUT2D eigenvalue weighted by molar-refractivity contribution is 0.597. The lowest BCUT2D eigenvalue weighted by Crippen LogP contribution is -2.06. The summed E-state index contributed by atoms with van der Waals surface area (Å²) in [5, 5.41) is 0.597. The second-order valence-electron chi connectivity index (χ2n) is 4.57. The fourth-order valence-corrected chi connectivity index (χ4v) is 2.59. The molecule has 3 nitrogen and oxygen atoms in total. The van der Waals surface area contributed by atoms with Crippen molar-refractivity contribution in [3.05, 3.63) is 58.9 Å². The molecule has 0 fully saturated rings. The number of nitrogens with zero attached hydrogens (tertiary/aromatic N) is 2. The zero-order chi connectivity index (χ0) is 14.1. The van der Waals surface area contributed by atoms with Crippen molar-refractivity contribution in [2.75, 3.05) is 5.73 Å². The summed E-state index contributed by atoms with van der Waals surface area (Å²) >= 11 is 6.20. The lowest BCUT2D eigenvalue weighted by atomic mass is 10.1. The molecule has 1 heterocycles. The van der Waals surface area contributed by atoms with Crippen molar-refractivity contribution < 1.29 is 4.39 Å². The van der Waals surface area contributed by atoms with E-state index >= 15 is 0 Å². The van der Waals surface area contributed by atoms with Crippen LogP contribution in [-0.4, -0.2) is 9.55 Å². The number of anilines is 1. The Bertz CT molecular complexity index is 767. The van der Waals surface area contributed by atoms with Crippen LogP contribution in [0, 0.1) is 5.82 Å². The number of nitrogen functional groups attached to an aromatic ring is 1. The molecule has 2 N–H and O–H groups in total. The summed E-state index contributed by atoms with van der Waals surface area (Å²) in [5.41, 5.74) is 8.13. The number of aromatic nitrogens is 2. The smallest absolute Gasteiger partial charge is 0.201 e. The van der Waals surface area contributed by atoms with Gasteiger partial charge in [0.05, 0.1) is 16.1 Å². The first-order valence-electron chi connectivity index (χ1n) is 6.30. The highest BCUT2D eigenvalue weighted by Gasteiger charge is 2.11. The van der Waals surface area contributed by atoms with Gasteiger partial charge in [-0.25, -0.2) is 9.37 Å². The van der Waals surface area contributed by atoms with Gasteiger partial charge < -0.3 is 10.3 Å². The Labute approximate surface area is 120 Å². The Kier molecular flexibility index (Phi) is 3.32. The zero-order valence-electron chi connectivity index (χ0n) is 10.7. The predicted octanol–water partition coefficient (Wildman–Crippen LogP) is 3.65. The number of hydrogen-bond donors (Lipinski definition) is 1. The van der Waals surface area contributed by atoms with Gasteiger partial charge in [-0.3, -0.25) is 0 Å². The number of aryl methyl sites for hydroxylation is 2. The molecular weight excluding hydrogens is 277 g/mol. The highest BCUT2D eigenvalue weighted by Crippen LogP contribution is 2.26. The third kappa shape index (κ3) is 2.23. The van der Waals surface area contributed by atoms with Crippen molar-refractivity contribution in [3.63, 3.8) is 0 Å². The van der Waals surface area contributed by atoms with E-state index in [2.05, 4.69) is 4.98 Å². The Morgan fingerprint density at radius 2 is 1.95 bits per heavy atom. The first-order valence-corrected chi connectivity index (χ1v) is 6.68. The number of hydrogen-bond acceptors (Lipinski definition) is 2. The molecule has 2 aromatic carbocycles.